The van der Waals surface area contributed by atoms with E-state index >= 15 is 0 Å². The molecule has 0 radical (unpaired) electrons. The van der Waals surface area contributed by atoms with Crippen LogP contribution in [0.2, 0.25) is 0 Å². The second-order valence-corrected chi connectivity index (χ2v) is 7.02. The van der Waals surface area contributed by atoms with Crippen LogP contribution in [0.5, 0.6) is 0 Å². The van der Waals surface area contributed by atoms with Gasteiger partial charge in [0.2, 0.25) is 0 Å². The molecule has 0 bridgehead atoms. The molecule has 9 heteroatoms. The zero-order valence-electron chi connectivity index (χ0n) is 13.2. The van der Waals surface area contributed by atoms with Gasteiger partial charge in [0, 0.05) is 23.5 Å². The molecule has 1 aromatic carbocycles. The highest BCUT2D eigenvalue weighted by molar-refractivity contribution is 8.14. The largest absolute Gasteiger partial charge is 0.410 e. The third-order valence-electron chi connectivity index (χ3n) is 4.23. The average molecular weight is 368 g/mol. The standard InChI is InChI=1S/C16H20N2O6S/c19-7-11-13(20)14(21)15(22)16(24-11)25-12(18-23)5-8-6-17-10-4-2-1-3-9(8)10/h1-4,6,11,13-17,19-23H,5,7H2/b18-12-/t11-,13-,14+,15-,16+/m1/s1. The summed E-state index contributed by atoms with van der Waals surface area (Å²) >= 11 is 0.937. The van der Waals surface area contributed by atoms with Gasteiger partial charge in [-0.05, 0) is 11.6 Å². The zero-order chi connectivity index (χ0) is 18.0. The summed E-state index contributed by atoms with van der Waals surface area (Å²) in [7, 11) is 0. The Morgan fingerprint density at radius 3 is 2.64 bits per heavy atom. The van der Waals surface area contributed by atoms with Crippen molar-refractivity contribution in [3.05, 3.63) is 36.0 Å². The van der Waals surface area contributed by atoms with Crippen LogP contribution in [0.4, 0.5) is 0 Å². The van der Waals surface area contributed by atoms with Crippen LogP contribution in [0, 0.1) is 0 Å². The number of fused-ring (bicyclic) bond motifs is 1. The first-order valence-corrected chi connectivity index (χ1v) is 8.66. The van der Waals surface area contributed by atoms with Crippen molar-refractivity contribution >= 4 is 27.7 Å². The number of hydrogen-bond donors (Lipinski definition) is 6. The van der Waals surface area contributed by atoms with Gasteiger partial charge in [-0.15, -0.1) is 0 Å². The highest BCUT2D eigenvalue weighted by atomic mass is 32.2. The number of ether oxygens (including phenoxy) is 1. The van der Waals surface area contributed by atoms with E-state index in [-0.39, 0.29) is 5.04 Å². The molecule has 0 unspecified atom stereocenters. The van der Waals surface area contributed by atoms with E-state index in [1.54, 1.807) is 0 Å². The fourth-order valence-electron chi connectivity index (χ4n) is 2.84. The molecule has 6 N–H and O–H groups in total. The Bertz CT molecular complexity index is 749. The third kappa shape index (κ3) is 3.66. The van der Waals surface area contributed by atoms with E-state index < -0.39 is 36.5 Å². The van der Waals surface area contributed by atoms with Gasteiger partial charge in [0.15, 0.2) is 0 Å². The number of H-pyrrole nitrogens is 1. The van der Waals surface area contributed by atoms with E-state index in [1.165, 1.54) is 0 Å². The molecule has 1 fully saturated rings. The Kier molecular flexibility index (Phi) is 5.62. The van der Waals surface area contributed by atoms with Crippen molar-refractivity contribution in [3.8, 4) is 0 Å². The summed E-state index contributed by atoms with van der Waals surface area (Å²) in [5.74, 6) is 0. The molecule has 5 atom stereocenters. The average Bonchev–Trinajstić information content (AvgIpc) is 3.04. The molecule has 1 aromatic heterocycles. The SMILES string of the molecule is OC[C@H]1O[C@@H](S/C(Cc2c[nH]c3ccccc23)=N\O)[C@H](O)[C@@H](O)[C@@H]1O. The first-order chi connectivity index (χ1) is 12.0. The molecular weight excluding hydrogens is 348 g/mol. The van der Waals surface area contributed by atoms with E-state index in [4.69, 9.17) is 4.74 Å². The number of hydrogen-bond acceptors (Lipinski definition) is 8. The lowest BCUT2D eigenvalue weighted by molar-refractivity contribution is -0.205. The summed E-state index contributed by atoms with van der Waals surface area (Å²) < 4.78 is 5.42. The molecule has 1 aliphatic heterocycles. The molecule has 25 heavy (non-hydrogen) atoms. The van der Waals surface area contributed by atoms with Gasteiger partial charge >= 0.3 is 0 Å². The van der Waals surface area contributed by atoms with Crippen LogP contribution in [0.1, 0.15) is 5.56 Å². The summed E-state index contributed by atoms with van der Waals surface area (Å²) in [6, 6.07) is 7.68. The smallest absolute Gasteiger partial charge is 0.138 e. The molecule has 3 rings (SSSR count). The van der Waals surface area contributed by atoms with Crippen LogP contribution in [-0.4, -0.2) is 72.1 Å². The molecule has 0 amide bonds. The van der Waals surface area contributed by atoms with Gasteiger partial charge in [-0.2, -0.15) is 0 Å². The van der Waals surface area contributed by atoms with E-state index in [1.807, 2.05) is 30.5 Å². The number of nitrogens with zero attached hydrogens (tertiary/aromatic N) is 1. The monoisotopic (exact) mass is 368 g/mol. The van der Waals surface area contributed by atoms with Crippen molar-refractivity contribution in [1.29, 1.82) is 0 Å². The van der Waals surface area contributed by atoms with Crippen molar-refractivity contribution in [2.45, 2.75) is 36.3 Å². The maximum absolute atomic E-state index is 10.1. The Balaban J connectivity index is 1.74. The first kappa shape index (κ1) is 18.2. The summed E-state index contributed by atoms with van der Waals surface area (Å²) in [6.45, 7) is -0.504. The summed E-state index contributed by atoms with van der Waals surface area (Å²) in [6.07, 6.45) is -3.16. The zero-order valence-corrected chi connectivity index (χ0v) is 14.0. The van der Waals surface area contributed by atoms with Gasteiger partial charge in [-0.1, -0.05) is 35.1 Å². The van der Waals surface area contributed by atoms with Crippen molar-refractivity contribution < 1.29 is 30.4 Å². The van der Waals surface area contributed by atoms with Crippen molar-refractivity contribution in [1.82, 2.24) is 4.98 Å². The van der Waals surface area contributed by atoms with Gasteiger partial charge in [0.05, 0.1) is 6.61 Å². The van der Waals surface area contributed by atoms with Crippen LogP contribution in [0.3, 0.4) is 0 Å². The molecule has 0 saturated carbocycles. The fraction of sp³-hybridized carbons (Fsp3) is 0.438. The minimum absolute atomic E-state index is 0.272. The van der Waals surface area contributed by atoms with E-state index in [2.05, 4.69) is 10.1 Å². The number of aromatic nitrogens is 1. The predicted molar refractivity (Wildman–Crippen MR) is 92.6 cm³/mol. The molecule has 2 heterocycles. The number of oxime groups is 1. The second kappa shape index (κ2) is 7.73. The highest BCUT2D eigenvalue weighted by Crippen LogP contribution is 2.31. The van der Waals surface area contributed by atoms with Gasteiger partial charge in [-0.25, -0.2) is 0 Å². The van der Waals surface area contributed by atoms with Crippen molar-refractivity contribution in [3.63, 3.8) is 0 Å². The fourth-order valence-corrected chi connectivity index (χ4v) is 3.89. The van der Waals surface area contributed by atoms with Gasteiger partial charge in [0.25, 0.3) is 0 Å². The quantitative estimate of drug-likeness (QED) is 0.194. The van der Waals surface area contributed by atoms with E-state index in [0.717, 1.165) is 28.2 Å². The Labute approximate surface area is 147 Å². The lowest BCUT2D eigenvalue weighted by Gasteiger charge is -2.39. The van der Waals surface area contributed by atoms with Crippen molar-refractivity contribution in [2.24, 2.45) is 5.16 Å². The minimum Gasteiger partial charge on any atom is -0.410 e. The molecule has 0 spiro atoms. The van der Waals surface area contributed by atoms with Crippen LogP contribution >= 0.6 is 11.8 Å². The normalized spacial score (nSPS) is 30.7. The number of aromatic amines is 1. The van der Waals surface area contributed by atoms with Gasteiger partial charge in [0.1, 0.15) is 34.9 Å². The number of rotatable bonds is 4. The lowest BCUT2D eigenvalue weighted by Crippen LogP contribution is -2.57. The molecular formula is C16H20N2O6S. The summed E-state index contributed by atoms with van der Waals surface area (Å²) in [5, 5.41) is 52.8. The Hall–Kier alpha value is -1.62. The van der Waals surface area contributed by atoms with E-state index in [0.29, 0.717) is 6.42 Å². The number of nitrogens with one attached hydrogen (secondary N) is 1. The van der Waals surface area contributed by atoms with Crippen LogP contribution in [0.15, 0.2) is 35.6 Å². The molecule has 2 aromatic rings. The van der Waals surface area contributed by atoms with Gasteiger partial charge < -0.3 is 35.4 Å². The number of aliphatic hydroxyl groups excluding tert-OH is 4. The molecule has 8 nitrogen and oxygen atoms in total. The topological polar surface area (TPSA) is 139 Å². The van der Waals surface area contributed by atoms with Crippen LogP contribution < -0.4 is 0 Å². The Morgan fingerprint density at radius 2 is 1.92 bits per heavy atom. The molecule has 1 saturated heterocycles. The lowest BCUT2D eigenvalue weighted by atomic mass is 10.0. The number of aliphatic hydroxyl groups is 4. The maximum Gasteiger partial charge on any atom is 0.138 e. The first-order valence-electron chi connectivity index (χ1n) is 7.78. The number of para-hydroxylation sites is 1. The Morgan fingerprint density at radius 1 is 1.16 bits per heavy atom. The molecule has 0 aliphatic carbocycles. The van der Waals surface area contributed by atoms with Crippen molar-refractivity contribution in [2.75, 3.05) is 6.61 Å². The summed E-state index contributed by atoms with van der Waals surface area (Å²) in [4.78, 5) is 3.13. The molecule has 136 valence electrons. The van der Waals surface area contributed by atoms with Crippen LogP contribution in [-0.2, 0) is 11.2 Å². The number of benzene rings is 1. The number of thioether (sulfide) groups is 1. The maximum atomic E-state index is 10.1. The van der Waals surface area contributed by atoms with Gasteiger partial charge in [-0.3, -0.25) is 0 Å². The van der Waals surface area contributed by atoms with Crippen LogP contribution in [0.25, 0.3) is 10.9 Å². The minimum atomic E-state index is -1.46. The second-order valence-electron chi connectivity index (χ2n) is 5.85. The molecule has 1 aliphatic rings. The summed E-state index contributed by atoms with van der Waals surface area (Å²) in [5.41, 5.74) is 0.875. The predicted octanol–water partition coefficient (Wildman–Crippen LogP) is 0.0312. The highest BCUT2D eigenvalue weighted by Gasteiger charge is 2.44. The van der Waals surface area contributed by atoms with E-state index in [9.17, 15) is 25.6 Å². The third-order valence-corrected chi connectivity index (χ3v) is 5.35.